The fraction of sp³-hybridized carbons (Fsp3) is 0.394. The third kappa shape index (κ3) is 8.07. The monoisotopic (exact) mass is 558 g/mol. The minimum absolute atomic E-state index is 0.0668. The van der Waals surface area contributed by atoms with Gasteiger partial charge in [-0.3, -0.25) is 9.69 Å². The molecule has 3 aromatic rings. The van der Waals surface area contributed by atoms with Gasteiger partial charge in [-0.2, -0.15) is 0 Å². The standard InChI is InChI=1S/C33H39FN4O3/c1-25-22-36(18-19-38(25)33(40)41-24-28-6-3-2-4-7-28)23-27-12-10-26(11-13-27)20-32(39)37-16-14-30(15-17-37)35-31-9-5-8-29(34)21-31/h2-13,21,25,30,35H,14-20,22-24H2,1H3/t25-/m0/s1. The number of likely N-dealkylation sites (tertiary alicyclic amines) is 1. The van der Waals surface area contributed by atoms with Gasteiger partial charge in [0.1, 0.15) is 12.4 Å². The summed E-state index contributed by atoms with van der Waals surface area (Å²) in [5.74, 6) is -0.103. The minimum atomic E-state index is -0.262. The first-order valence-corrected chi connectivity index (χ1v) is 14.5. The molecule has 7 nitrogen and oxygen atoms in total. The highest BCUT2D eigenvalue weighted by molar-refractivity contribution is 5.79. The molecule has 2 amide bonds. The largest absolute Gasteiger partial charge is 0.445 e. The summed E-state index contributed by atoms with van der Waals surface area (Å²) in [6.07, 6.45) is 1.82. The first-order chi connectivity index (χ1) is 19.9. The lowest BCUT2D eigenvalue weighted by Gasteiger charge is -2.39. The van der Waals surface area contributed by atoms with E-state index in [4.69, 9.17) is 4.74 Å². The average molecular weight is 559 g/mol. The number of carbonyl (C=O) groups is 2. The van der Waals surface area contributed by atoms with E-state index in [9.17, 15) is 14.0 Å². The van der Waals surface area contributed by atoms with Crippen LogP contribution in [0, 0.1) is 5.82 Å². The second kappa shape index (κ2) is 13.6. The van der Waals surface area contributed by atoms with Crippen LogP contribution in [0.25, 0.3) is 0 Å². The number of nitrogens with zero attached hydrogens (tertiary/aromatic N) is 3. The van der Waals surface area contributed by atoms with Gasteiger partial charge in [-0.05, 0) is 54.7 Å². The highest BCUT2D eigenvalue weighted by Gasteiger charge is 2.28. The van der Waals surface area contributed by atoms with Crippen molar-refractivity contribution in [1.82, 2.24) is 14.7 Å². The maximum atomic E-state index is 13.5. The SMILES string of the molecule is C[C@H]1CN(Cc2ccc(CC(=O)N3CCC(Nc4cccc(F)c4)CC3)cc2)CCN1C(=O)OCc1ccccc1. The van der Waals surface area contributed by atoms with Crippen molar-refractivity contribution >= 4 is 17.7 Å². The molecule has 2 aliphatic rings. The van der Waals surface area contributed by atoms with E-state index < -0.39 is 0 Å². The summed E-state index contributed by atoms with van der Waals surface area (Å²) >= 11 is 0. The zero-order valence-corrected chi connectivity index (χ0v) is 23.7. The number of benzene rings is 3. The number of halogens is 1. The Morgan fingerprint density at radius 1 is 0.878 bits per heavy atom. The molecular weight excluding hydrogens is 519 g/mol. The second-order valence-electron chi connectivity index (χ2n) is 11.1. The molecule has 0 bridgehead atoms. The quantitative estimate of drug-likeness (QED) is 0.406. The molecule has 0 aliphatic carbocycles. The van der Waals surface area contributed by atoms with Crippen molar-refractivity contribution in [1.29, 1.82) is 0 Å². The highest BCUT2D eigenvalue weighted by atomic mass is 19.1. The van der Waals surface area contributed by atoms with Crippen LogP contribution in [0.3, 0.4) is 0 Å². The summed E-state index contributed by atoms with van der Waals surface area (Å²) < 4.78 is 19.0. The van der Waals surface area contributed by atoms with Crippen LogP contribution in [0.2, 0.25) is 0 Å². The Labute approximate surface area is 241 Å². The van der Waals surface area contributed by atoms with Crippen LogP contribution < -0.4 is 5.32 Å². The normalized spacial score (nSPS) is 18.2. The molecule has 0 aromatic heterocycles. The zero-order valence-electron chi connectivity index (χ0n) is 23.7. The number of carbonyl (C=O) groups excluding carboxylic acids is 2. The van der Waals surface area contributed by atoms with E-state index >= 15 is 0 Å². The van der Waals surface area contributed by atoms with Crippen molar-refractivity contribution in [3.05, 3.63) is 101 Å². The summed E-state index contributed by atoms with van der Waals surface area (Å²) in [6, 6.07) is 24.9. The van der Waals surface area contributed by atoms with Gasteiger partial charge in [-0.15, -0.1) is 0 Å². The van der Waals surface area contributed by atoms with Crippen molar-refractivity contribution in [3.63, 3.8) is 0 Å². The van der Waals surface area contributed by atoms with E-state index in [2.05, 4.69) is 29.3 Å². The molecule has 2 fully saturated rings. The van der Waals surface area contributed by atoms with Gasteiger partial charge in [0.2, 0.25) is 5.91 Å². The van der Waals surface area contributed by atoms with Gasteiger partial charge in [0.15, 0.2) is 0 Å². The molecule has 0 radical (unpaired) electrons. The molecule has 2 heterocycles. The lowest BCUT2D eigenvalue weighted by atomic mass is 10.0. The summed E-state index contributed by atoms with van der Waals surface area (Å²) in [5.41, 5.74) is 3.97. The van der Waals surface area contributed by atoms with E-state index in [0.29, 0.717) is 26.1 Å². The summed E-state index contributed by atoms with van der Waals surface area (Å²) in [6.45, 7) is 6.76. The fourth-order valence-electron chi connectivity index (χ4n) is 5.64. The summed E-state index contributed by atoms with van der Waals surface area (Å²) in [5, 5.41) is 3.39. The third-order valence-corrected chi connectivity index (χ3v) is 7.98. The molecule has 0 unspecified atom stereocenters. The number of anilines is 1. The van der Waals surface area contributed by atoms with Crippen LogP contribution in [-0.2, 0) is 29.1 Å². The molecule has 1 atom stereocenters. The Morgan fingerprint density at radius 2 is 1.61 bits per heavy atom. The molecule has 216 valence electrons. The van der Waals surface area contributed by atoms with Gasteiger partial charge in [0, 0.05) is 57.0 Å². The average Bonchev–Trinajstić information content (AvgIpc) is 2.98. The number of piperidine rings is 1. The molecule has 0 spiro atoms. The number of piperazine rings is 1. The molecule has 2 aliphatic heterocycles. The van der Waals surface area contributed by atoms with Gasteiger partial charge in [0.25, 0.3) is 0 Å². The van der Waals surface area contributed by atoms with Gasteiger partial charge < -0.3 is 19.9 Å². The number of ether oxygens (including phenoxy) is 1. The van der Waals surface area contributed by atoms with E-state index in [0.717, 1.165) is 49.3 Å². The second-order valence-corrected chi connectivity index (χ2v) is 11.1. The number of amides is 2. The molecule has 1 N–H and O–H groups in total. The predicted molar refractivity (Wildman–Crippen MR) is 158 cm³/mol. The van der Waals surface area contributed by atoms with Crippen molar-refractivity contribution in [2.24, 2.45) is 0 Å². The molecule has 41 heavy (non-hydrogen) atoms. The van der Waals surface area contributed by atoms with Crippen LogP contribution in [0.15, 0.2) is 78.9 Å². The zero-order chi connectivity index (χ0) is 28.6. The highest BCUT2D eigenvalue weighted by Crippen LogP contribution is 2.19. The van der Waals surface area contributed by atoms with Crippen LogP contribution in [-0.4, -0.2) is 71.5 Å². The van der Waals surface area contributed by atoms with Crippen LogP contribution >= 0.6 is 0 Å². The molecule has 5 rings (SSSR count). The Hall–Kier alpha value is -3.91. The summed E-state index contributed by atoms with van der Waals surface area (Å²) in [4.78, 5) is 31.7. The molecule has 8 heteroatoms. The first kappa shape index (κ1) is 28.6. The first-order valence-electron chi connectivity index (χ1n) is 14.5. The number of hydrogen-bond acceptors (Lipinski definition) is 5. The van der Waals surface area contributed by atoms with E-state index in [1.165, 1.54) is 17.7 Å². The van der Waals surface area contributed by atoms with E-state index in [1.54, 1.807) is 6.07 Å². The van der Waals surface area contributed by atoms with Crippen molar-refractivity contribution < 1.29 is 18.7 Å². The maximum Gasteiger partial charge on any atom is 0.410 e. The number of rotatable bonds is 8. The lowest BCUT2D eigenvalue weighted by molar-refractivity contribution is -0.131. The summed E-state index contributed by atoms with van der Waals surface area (Å²) in [7, 11) is 0. The van der Waals surface area contributed by atoms with E-state index in [-0.39, 0.29) is 36.5 Å². The van der Waals surface area contributed by atoms with Gasteiger partial charge >= 0.3 is 6.09 Å². The van der Waals surface area contributed by atoms with Crippen LogP contribution in [0.4, 0.5) is 14.9 Å². The minimum Gasteiger partial charge on any atom is -0.445 e. The number of nitrogens with one attached hydrogen (secondary N) is 1. The Bertz CT molecular complexity index is 1300. The Balaban J connectivity index is 1.03. The van der Waals surface area contributed by atoms with Crippen molar-refractivity contribution in [2.75, 3.05) is 38.0 Å². The van der Waals surface area contributed by atoms with Gasteiger partial charge in [0.05, 0.1) is 6.42 Å². The van der Waals surface area contributed by atoms with Gasteiger partial charge in [-0.1, -0.05) is 60.7 Å². The lowest BCUT2D eigenvalue weighted by Crippen LogP contribution is -2.53. The fourth-order valence-corrected chi connectivity index (χ4v) is 5.64. The van der Waals surface area contributed by atoms with E-state index in [1.807, 2.05) is 58.3 Å². The molecule has 3 aromatic carbocycles. The smallest absolute Gasteiger partial charge is 0.410 e. The molecule has 0 saturated carbocycles. The Morgan fingerprint density at radius 3 is 2.32 bits per heavy atom. The number of hydrogen-bond donors (Lipinski definition) is 1. The van der Waals surface area contributed by atoms with Crippen molar-refractivity contribution in [2.45, 2.75) is 51.4 Å². The Kier molecular flexibility index (Phi) is 9.51. The van der Waals surface area contributed by atoms with Crippen LogP contribution in [0.5, 0.6) is 0 Å². The third-order valence-electron chi connectivity index (χ3n) is 7.98. The van der Waals surface area contributed by atoms with Crippen LogP contribution in [0.1, 0.15) is 36.5 Å². The topological polar surface area (TPSA) is 65.1 Å². The van der Waals surface area contributed by atoms with Crippen molar-refractivity contribution in [3.8, 4) is 0 Å². The molecular formula is C33H39FN4O3. The predicted octanol–water partition coefficient (Wildman–Crippen LogP) is 5.31. The maximum absolute atomic E-state index is 13.5. The molecule has 2 saturated heterocycles. The van der Waals surface area contributed by atoms with Gasteiger partial charge in [-0.25, -0.2) is 9.18 Å².